The van der Waals surface area contributed by atoms with Crippen molar-refractivity contribution >= 4 is 11.6 Å². The van der Waals surface area contributed by atoms with Gasteiger partial charge in [-0.2, -0.15) is 0 Å². The number of imidazole rings is 1. The number of hydrogen-bond acceptors (Lipinski definition) is 2. The maximum Gasteiger partial charge on any atom is 0.230 e. The molecule has 0 spiro atoms. The number of H-pyrrole nitrogens is 1. The number of amides is 1. The van der Waals surface area contributed by atoms with Gasteiger partial charge in [-0.05, 0) is 24.5 Å². The van der Waals surface area contributed by atoms with Crippen LogP contribution in [0.25, 0.3) is 0 Å². The largest absolute Gasteiger partial charge is 0.348 e. The second kappa shape index (κ2) is 4.72. The van der Waals surface area contributed by atoms with E-state index in [0.717, 1.165) is 42.9 Å². The number of nitrogens with one attached hydrogen (secondary N) is 1. The van der Waals surface area contributed by atoms with Crippen molar-refractivity contribution in [3.8, 4) is 0 Å². The minimum Gasteiger partial charge on any atom is -0.348 e. The number of fused-ring (bicyclic) bond motifs is 2. The molecule has 1 aromatic carbocycles. The Morgan fingerprint density at radius 2 is 2.24 bits per heavy atom. The first kappa shape index (κ1) is 12.6. The third-order valence-electron chi connectivity index (χ3n) is 4.82. The zero-order chi connectivity index (χ0) is 14.4. The van der Waals surface area contributed by atoms with E-state index in [1.165, 1.54) is 5.56 Å². The summed E-state index contributed by atoms with van der Waals surface area (Å²) in [5.41, 5.74) is 4.67. The van der Waals surface area contributed by atoms with Crippen LogP contribution in [0.15, 0.2) is 30.6 Å². The molecule has 4 nitrogen and oxygen atoms in total. The molecule has 0 bridgehead atoms. The third kappa shape index (κ3) is 1.97. The fraction of sp³-hybridized carbons (Fsp3) is 0.412. The lowest BCUT2D eigenvalue weighted by atomic mass is 9.88. The molecular formula is C17H19N3O. The Kier molecular flexibility index (Phi) is 2.84. The first-order chi connectivity index (χ1) is 10.2. The predicted molar refractivity (Wildman–Crippen MR) is 81.3 cm³/mol. The second-order valence-corrected chi connectivity index (χ2v) is 6.18. The highest BCUT2D eigenvalue weighted by Crippen LogP contribution is 2.37. The van der Waals surface area contributed by atoms with Gasteiger partial charge in [-0.15, -0.1) is 0 Å². The molecule has 4 heteroatoms. The number of carbonyl (C=O) groups excluding carboxylic acids is 1. The van der Waals surface area contributed by atoms with Crippen LogP contribution in [-0.2, 0) is 17.6 Å². The van der Waals surface area contributed by atoms with Crippen molar-refractivity contribution in [3.63, 3.8) is 0 Å². The van der Waals surface area contributed by atoms with E-state index in [2.05, 4.69) is 35.1 Å². The number of para-hydroxylation sites is 1. The van der Waals surface area contributed by atoms with Gasteiger partial charge in [0.25, 0.3) is 0 Å². The van der Waals surface area contributed by atoms with Gasteiger partial charge in [0.1, 0.15) is 0 Å². The molecule has 1 amide bonds. The van der Waals surface area contributed by atoms with Crippen LogP contribution in [-0.4, -0.2) is 22.4 Å². The summed E-state index contributed by atoms with van der Waals surface area (Å²) in [7, 11) is 0. The van der Waals surface area contributed by atoms with Gasteiger partial charge in [-0.25, -0.2) is 4.98 Å². The summed E-state index contributed by atoms with van der Waals surface area (Å²) in [6.07, 6.45) is 4.34. The van der Waals surface area contributed by atoms with Gasteiger partial charge in [0.15, 0.2) is 0 Å². The number of anilines is 1. The second-order valence-electron chi connectivity index (χ2n) is 6.18. The molecule has 0 saturated heterocycles. The van der Waals surface area contributed by atoms with Gasteiger partial charge < -0.3 is 9.88 Å². The van der Waals surface area contributed by atoms with Crippen LogP contribution in [0.2, 0.25) is 0 Å². The normalized spacial score (nSPS) is 23.8. The van der Waals surface area contributed by atoms with Gasteiger partial charge >= 0.3 is 0 Å². The van der Waals surface area contributed by atoms with Crippen molar-refractivity contribution in [1.82, 2.24) is 9.97 Å². The van der Waals surface area contributed by atoms with Crippen LogP contribution in [0.1, 0.15) is 36.2 Å². The summed E-state index contributed by atoms with van der Waals surface area (Å²) in [4.78, 5) is 22.4. The van der Waals surface area contributed by atoms with Gasteiger partial charge in [-0.1, -0.05) is 25.1 Å². The Morgan fingerprint density at radius 3 is 3.14 bits per heavy atom. The average molecular weight is 281 g/mol. The SMILES string of the molecule is CC1CN(C(=O)C2CCc3nc[nH]c3C2)c2ccccc21. The predicted octanol–water partition coefficient (Wildman–Crippen LogP) is 2.66. The molecular weight excluding hydrogens is 262 g/mol. The van der Waals surface area contributed by atoms with E-state index in [0.29, 0.717) is 5.92 Å². The maximum absolute atomic E-state index is 12.9. The first-order valence-corrected chi connectivity index (χ1v) is 7.65. The van der Waals surface area contributed by atoms with E-state index >= 15 is 0 Å². The zero-order valence-electron chi connectivity index (χ0n) is 12.2. The highest BCUT2D eigenvalue weighted by molar-refractivity contribution is 5.97. The Labute approximate surface area is 124 Å². The van der Waals surface area contributed by atoms with Gasteiger partial charge in [-0.3, -0.25) is 4.79 Å². The quantitative estimate of drug-likeness (QED) is 0.873. The molecule has 108 valence electrons. The Hall–Kier alpha value is -2.10. The Morgan fingerprint density at radius 1 is 1.38 bits per heavy atom. The van der Waals surface area contributed by atoms with Crippen molar-refractivity contribution in [2.24, 2.45) is 5.92 Å². The van der Waals surface area contributed by atoms with Crippen LogP contribution in [0.4, 0.5) is 5.69 Å². The summed E-state index contributed by atoms with van der Waals surface area (Å²) in [6, 6.07) is 8.29. The number of aromatic amines is 1. The molecule has 1 aliphatic heterocycles. The summed E-state index contributed by atoms with van der Waals surface area (Å²) < 4.78 is 0. The van der Waals surface area contributed by atoms with E-state index in [9.17, 15) is 4.79 Å². The molecule has 1 aliphatic carbocycles. The first-order valence-electron chi connectivity index (χ1n) is 7.65. The van der Waals surface area contributed by atoms with Crippen molar-refractivity contribution in [1.29, 1.82) is 0 Å². The van der Waals surface area contributed by atoms with Crippen LogP contribution >= 0.6 is 0 Å². The van der Waals surface area contributed by atoms with E-state index < -0.39 is 0 Å². The monoisotopic (exact) mass is 281 g/mol. The lowest BCUT2D eigenvalue weighted by Crippen LogP contribution is -2.37. The minimum absolute atomic E-state index is 0.0799. The van der Waals surface area contributed by atoms with Gasteiger partial charge in [0.2, 0.25) is 5.91 Å². The number of rotatable bonds is 1. The van der Waals surface area contributed by atoms with E-state index in [-0.39, 0.29) is 11.8 Å². The standard InChI is InChI=1S/C17H19N3O/c1-11-9-20(16-5-3-2-4-13(11)16)17(21)12-6-7-14-15(8-12)19-10-18-14/h2-5,10-12H,6-9H2,1H3,(H,18,19). The van der Waals surface area contributed by atoms with Crippen LogP contribution in [0.5, 0.6) is 0 Å². The lowest BCUT2D eigenvalue weighted by molar-refractivity contribution is -0.122. The molecule has 0 radical (unpaired) electrons. The minimum atomic E-state index is 0.0799. The topological polar surface area (TPSA) is 49.0 Å². The molecule has 2 aliphatic rings. The number of benzene rings is 1. The molecule has 4 rings (SSSR count). The Bertz CT molecular complexity index is 691. The summed E-state index contributed by atoms with van der Waals surface area (Å²) in [5.74, 6) is 0.778. The van der Waals surface area contributed by atoms with E-state index in [1.54, 1.807) is 6.33 Å². The number of aryl methyl sites for hydroxylation is 1. The summed E-state index contributed by atoms with van der Waals surface area (Å²) >= 11 is 0. The number of hydrogen-bond donors (Lipinski definition) is 1. The van der Waals surface area contributed by atoms with E-state index in [1.807, 2.05) is 11.0 Å². The number of nitrogens with zero attached hydrogens (tertiary/aromatic N) is 2. The van der Waals surface area contributed by atoms with E-state index in [4.69, 9.17) is 0 Å². The third-order valence-corrected chi connectivity index (χ3v) is 4.82. The number of carbonyl (C=O) groups is 1. The van der Waals surface area contributed by atoms with Crippen molar-refractivity contribution in [2.45, 2.75) is 32.1 Å². The van der Waals surface area contributed by atoms with Crippen LogP contribution in [0, 0.1) is 5.92 Å². The highest BCUT2D eigenvalue weighted by atomic mass is 16.2. The molecule has 0 saturated carbocycles. The molecule has 1 N–H and O–H groups in total. The van der Waals surface area contributed by atoms with Crippen molar-refractivity contribution in [3.05, 3.63) is 47.5 Å². The fourth-order valence-electron chi connectivity index (χ4n) is 3.66. The highest BCUT2D eigenvalue weighted by Gasteiger charge is 2.35. The molecule has 0 fully saturated rings. The molecule has 1 aromatic heterocycles. The lowest BCUT2D eigenvalue weighted by Gasteiger charge is -2.26. The summed E-state index contributed by atoms with van der Waals surface area (Å²) in [5, 5.41) is 0. The maximum atomic E-state index is 12.9. The van der Waals surface area contributed by atoms with Gasteiger partial charge in [0.05, 0.1) is 12.0 Å². The number of aromatic nitrogens is 2. The molecule has 2 aromatic rings. The molecule has 2 unspecified atom stereocenters. The molecule has 21 heavy (non-hydrogen) atoms. The van der Waals surface area contributed by atoms with Crippen LogP contribution in [0.3, 0.4) is 0 Å². The molecule has 2 heterocycles. The van der Waals surface area contributed by atoms with Crippen LogP contribution < -0.4 is 4.90 Å². The Balaban J connectivity index is 1.60. The zero-order valence-corrected chi connectivity index (χ0v) is 12.2. The smallest absolute Gasteiger partial charge is 0.230 e. The summed E-state index contributed by atoms with van der Waals surface area (Å²) in [6.45, 7) is 3.00. The fourth-order valence-corrected chi connectivity index (χ4v) is 3.66. The average Bonchev–Trinajstić information content (AvgIpc) is 3.11. The van der Waals surface area contributed by atoms with Crippen molar-refractivity contribution in [2.75, 3.05) is 11.4 Å². The van der Waals surface area contributed by atoms with Crippen molar-refractivity contribution < 1.29 is 4.79 Å². The van der Waals surface area contributed by atoms with Gasteiger partial charge in [0, 0.05) is 36.2 Å². The molecule has 2 atom stereocenters.